The summed E-state index contributed by atoms with van der Waals surface area (Å²) in [6.07, 6.45) is 3.71. The summed E-state index contributed by atoms with van der Waals surface area (Å²) in [4.78, 5) is 10.1. The van der Waals surface area contributed by atoms with E-state index in [-0.39, 0.29) is 0 Å². The second-order valence-electron chi connectivity index (χ2n) is 21.1. The van der Waals surface area contributed by atoms with Crippen molar-refractivity contribution in [3.8, 4) is 74.3 Å². The lowest BCUT2D eigenvalue weighted by molar-refractivity contribution is 0.436. The smallest absolute Gasteiger partial charge is 0.132 e. The number of nitriles is 2. The molecule has 0 unspecified atom stereocenters. The molecule has 1 aliphatic heterocycles. The zero-order chi connectivity index (χ0) is 53.5. The van der Waals surface area contributed by atoms with Crippen molar-refractivity contribution >= 4 is 65.4 Å². The van der Waals surface area contributed by atoms with Crippen LogP contribution in [0.15, 0.2) is 249 Å². The third-order valence-corrected chi connectivity index (χ3v) is 17.1. The van der Waals surface area contributed by atoms with Gasteiger partial charge in [-0.2, -0.15) is 10.5 Å². The second kappa shape index (κ2) is 16.8. The van der Waals surface area contributed by atoms with Crippen molar-refractivity contribution in [2.45, 2.75) is 5.41 Å². The van der Waals surface area contributed by atoms with E-state index in [9.17, 15) is 10.5 Å². The molecule has 6 heterocycles. The average Bonchev–Trinajstić information content (AvgIpc) is 3.90. The minimum atomic E-state index is -0.857. The predicted molar refractivity (Wildman–Crippen MR) is 323 cm³/mol. The lowest BCUT2D eigenvalue weighted by atomic mass is 9.65. The first kappa shape index (κ1) is 44.8. The summed E-state index contributed by atoms with van der Waals surface area (Å²) in [5, 5.41) is 26.9. The molecule has 8 nitrogen and oxygen atoms in total. The molecule has 8 heteroatoms. The van der Waals surface area contributed by atoms with Crippen LogP contribution in [0.2, 0.25) is 0 Å². The zero-order valence-corrected chi connectivity index (χ0v) is 43.2. The molecule has 1 aliphatic carbocycles. The molecule has 0 fully saturated rings. The summed E-state index contributed by atoms with van der Waals surface area (Å²) in [5.74, 6) is 1.52. The Labute approximate surface area is 464 Å². The molecule has 15 aromatic rings. The molecule has 0 saturated carbocycles. The maximum Gasteiger partial charge on any atom is 0.132 e. The van der Waals surface area contributed by atoms with Crippen molar-refractivity contribution in [3.63, 3.8) is 0 Å². The number of ether oxygens (including phenoxy) is 1. The summed E-state index contributed by atoms with van der Waals surface area (Å²) in [7, 11) is 0. The highest BCUT2D eigenvalue weighted by molar-refractivity contribution is 6.13. The molecular weight excluding hydrogens is 991 g/mol. The molecule has 0 bridgehead atoms. The van der Waals surface area contributed by atoms with Gasteiger partial charge in [0.05, 0.1) is 73.2 Å². The fourth-order valence-electron chi connectivity index (χ4n) is 13.6. The van der Waals surface area contributed by atoms with Crippen molar-refractivity contribution in [2.75, 3.05) is 0 Å². The molecule has 374 valence electrons. The van der Waals surface area contributed by atoms with Crippen molar-refractivity contribution in [1.29, 1.82) is 10.5 Å². The van der Waals surface area contributed by atoms with Gasteiger partial charge in [0.1, 0.15) is 11.5 Å². The molecule has 17 rings (SSSR count). The van der Waals surface area contributed by atoms with E-state index in [0.717, 1.165) is 128 Å². The minimum Gasteiger partial charge on any atom is -0.457 e. The number of hydrogen-bond acceptors (Lipinski definition) is 5. The minimum absolute atomic E-state index is 0.604. The Bertz CT molecular complexity index is 5200. The summed E-state index contributed by atoms with van der Waals surface area (Å²) in [5.41, 5.74) is 19.9. The van der Waals surface area contributed by atoms with Gasteiger partial charge in [0.2, 0.25) is 0 Å². The van der Waals surface area contributed by atoms with Gasteiger partial charge in [-0.15, -0.1) is 0 Å². The fraction of sp³-hybridized carbons (Fsp3) is 0.0137. The number of para-hydroxylation sites is 3. The number of rotatable bonds is 5. The summed E-state index contributed by atoms with van der Waals surface area (Å²) in [6.45, 7) is 0. The molecular formula is C73H41N7O. The van der Waals surface area contributed by atoms with E-state index in [1.807, 2.05) is 54.9 Å². The number of hydrogen-bond donors (Lipinski definition) is 0. The van der Waals surface area contributed by atoms with Crippen molar-refractivity contribution < 1.29 is 4.74 Å². The van der Waals surface area contributed by atoms with Crippen LogP contribution in [0.25, 0.3) is 116 Å². The molecule has 10 aromatic carbocycles. The van der Waals surface area contributed by atoms with Crippen LogP contribution in [0.4, 0.5) is 0 Å². The third-order valence-electron chi connectivity index (χ3n) is 17.1. The Morgan fingerprint density at radius 1 is 0.321 bits per heavy atom. The maximum atomic E-state index is 10.2. The average molecular weight is 1030 g/mol. The summed E-state index contributed by atoms with van der Waals surface area (Å²) in [6, 6.07) is 88.0. The van der Waals surface area contributed by atoms with E-state index in [1.54, 1.807) is 0 Å². The number of benzene rings is 10. The quantitative estimate of drug-likeness (QED) is 0.171. The molecule has 0 amide bonds. The molecule has 0 saturated heterocycles. The van der Waals surface area contributed by atoms with Crippen LogP contribution >= 0.6 is 0 Å². The van der Waals surface area contributed by atoms with Gasteiger partial charge >= 0.3 is 0 Å². The van der Waals surface area contributed by atoms with E-state index >= 15 is 0 Å². The molecule has 0 radical (unpaired) electrons. The van der Waals surface area contributed by atoms with E-state index < -0.39 is 5.41 Å². The Balaban J connectivity index is 0.829. The normalized spacial score (nSPS) is 12.9. The Morgan fingerprint density at radius 3 is 1.17 bits per heavy atom. The highest BCUT2D eigenvalue weighted by Crippen LogP contribution is 2.62. The van der Waals surface area contributed by atoms with Gasteiger partial charge in [-0.25, -0.2) is 0 Å². The maximum absolute atomic E-state index is 10.2. The number of fused-ring (bicyclic) bond motifs is 18. The summed E-state index contributed by atoms with van der Waals surface area (Å²) < 4.78 is 14.0. The lowest BCUT2D eigenvalue weighted by Crippen LogP contribution is -2.32. The Hall–Kier alpha value is -11.3. The summed E-state index contributed by atoms with van der Waals surface area (Å²) >= 11 is 0. The Morgan fingerprint density at radius 2 is 0.704 bits per heavy atom. The van der Waals surface area contributed by atoms with Gasteiger partial charge in [-0.05, 0) is 179 Å². The monoisotopic (exact) mass is 1030 g/mol. The van der Waals surface area contributed by atoms with Crippen LogP contribution in [0.1, 0.15) is 33.4 Å². The second-order valence-corrected chi connectivity index (χ2v) is 21.1. The van der Waals surface area contributed by atoms with Crippen molar-refractivity contribution in [3.05, 3.63) is 282 Å². The molecule has 2 aliphatic rings. The predicted octanol–water partition coefficient (Wildman–Crippen LogP) is 17.3. The lowest BCUT2D eigenvalue weighted by Gasteiger charge is -2.39. The van der Waals surface area contributed by atoms with E-state index in [2.05, 4.69) is 220 Å². The van der Waals surface area contributed by atoms with Crippen molar-refractivity contribution in [2.24, 2.45) is 0 Å². The van der Waals surface area contributed by atoms with Gasteiger partial charge < -0.3 is 18.4 Å². The van der Waals surface area contributed by atoms with Crippen LogP contribution < -0.4 is 4.74 Å². The first-order valence-corrected chi connectivity index (χ1v) is 27.1. The van der Waals surface area contributed by atoms with Crippen LogP contribution in [0.5, 0.6) is 11.5 Å². The fourth-order valence-corrected chi connectivity index (χ4v) is 13.6. The van der Waals surface area contributed by atoms with E-state index in [0.29, 0.717) is 11.1 Å². The van der Waals surface area contributed by atoms with E-state index in [1.165, 1.54) is 21.8 Å². The molecule has 5 aromatic heterocycles. The topological polar surface area (TPSA) is 97.4 Å². The largest absolute Gasteiger partial charge is 0.457 e. The zero-order valence-electron chi connectivity index (χ0n) is 43.2. The number of aromatic nitrogens is 5. The SMILES string of the molecule is N#Cc1ccc2c(c1)c1cc(-c3ccc4c(c3)C3(c5cc(-c6ccc7c(c6)c6cc(C#N)ccc6n7-c6ccc(-n7c8ccccc8c8ccccc87)cc6)ccc5O4)c4cccnc4-c4ncccc43)ccc1n2-c1ccccc1. The highest BCUT2D eigenvalue weighted by atomic mass is 16.5. The van der Waals surface area contributed by atoms with Gasteiger partial charge in [0, 0.05) is 72.9 Å². The van der Waals surface area contributed by atoms with Crippen LogP contribution in [0.3, 0.4) is 0 Å². The standard InChI is InChI=1S/C73H41N7O/c74-42-44-18-28-65-55(36-44)57-38-46(20-30-67(57)78(65)50-10-2-1-3-11-50)48-22-32-69-61(40-48)73(59-14-8-34-76-71(59)72-60(73)15-9-35-77-72)62-41-49(23-33-70(62)81-69)47-21-31-68-58(39-47)56-37-45(43-75)19-29-66(56)80(68)52-26-24-51(25-27-52)79-63-16-6-4-12-53(63)54-13-5-7-17-64(54)79/h1-41H. The highest BCUT2D eigenvalue weighted by Gasteiger charge is 2.52. The first-order valence-electron chi connectivity index (χ1n) is 27.1. The van der Waals surface area contributed by atoms with Crippen LogP contribution in [-0.4, -0.2) is 23.7 Å². The van der Waals surface area contributed by atoms with Crippen LogP contribution in [-0.2, 0) is 5.41 Å². The molecule has 81 heavy (non-hydrogen) atoms. The Kier molecular flexibility index (Phi) is 9.31. The molecule has 1 spiro atoms. The van der Waals surface area contributed by atoms with Gasteiger partial charge in [-0.3, -0.25) is 9.97 Å². The van der Waals surface area contributed by atoms with Crippen molar-refractivity contribution in [1.82, 2.24) is 23.7 Å². The third kappa shape index (κ3) is 6.27. The van der Waals surface area contributed by atoms with Crippen LogP contribution in [0, 0.1) is 22.7 Å². The van der Waals surface area contributed by atoms with E-state index in [4.69, 9.17) is 14.7 Å². The number of pyridine rings is 2. The van der Waals surface area contributed by atoms with Gasteiger partial charge in [0.15, 0.2) is 0 Å². The first-order chi connectivity index (χ1) is 40.0. The number of nitrogens with zero attached hydrogens (tertiary/aromatic N) is 7. The molecule has 0 atom stereocenters. The molecule has 0 N–H and O–H groups in total. The van der Waals surface area contributed by atoms with Gasteiger partial charge in [0.25, 0.3) is 0 Å². The van der Waals surface area contributed by atoms with Gasteiger partial charge in [-0.1, -0.05) is 91.0 Å².